The van der Waals surface area contributed by atoms with E-state index >= 15 is 0 Å². The smallest absolute Gasteiger partial charge is 0.223 e. The molecule has 3 aromatic rings. The highest BCUT2D eigenvalue weighted by molar-refractivity contribution is 8.00. The number of thioether (sulfide) groups is 1. The average Bonchev–Trinajstić information content (AvgIpc) is 3.46. The van der Waals surface area contributed by atoms with Crippen LogP contribution in [0.15, 0.2) is 52.8 Å². The number of aryl methyl sites for hydroxylation is 1. The van der Waals surface area contributed by atoms with Gasteiger partial charge in [0, 0.05) is 31.3 Å². The lowest BCUT2D eigenvalue weighted by Gasteiger charge is -2.15. The number of benzene rings is 1. The molecule has 8 heteroatoms. The average molecular weight is 437 g/mol. The molecule has 0 fully saturated rings. The predicted octanol–water partition coefficient (Wildman–Crippen LogP) is 4.31. The molecule has 3 heterocycles. The zero-order valence-corrected chi connectivity index (χ0v) is 18.6. The molecule has 2 aromatic heterocycles. The normalized spacial score (nSPS) is 13.8. The Morgan fingerprint density at radius 1 is 1.32 bits per heavy atom. The second-order valence-corrected chi connectivity index (χ2v) is 8.79. The quantitative estimate of drug-likeness (QED) is 0.312. The third-order valence-electron chi connectivity index (χ3n) is 5.42. The Morgan fingerprint density at radius 3 is 2.81 bits per heavy atom. The number of Topliss-reactive ketones (excluding diaryl/α,β-unsaturated/α-hetero) is 1. The largest absolute Gasteiger partial charge is 0.469 e. The van der Waals surface area contributed by atoms with Crippen LogP contribution in [-0.4, -0.2) is 38.2 Å². The lowest BCUT2D eigenvalue weighted by Crippen LogP contribution is -2.25. The molecule has 160 valence electrons. The van der Waals surface area contributed by atoms with E-state index in [1.165, 1.54) is 11.8 Å². The van der Waals surface area contributed by atoms with Gasteiger partial charge in [-0.1, -0.05) is 17.8 Å². The van der Waals surface area contributed by atoms with E-state index < -0.39 is 0 Å². The summed E-state index contributed by atoms with van der Waals surface area (Å²) >= 11 is 1.37. The fourth-order valence-corrected chi connectivity index (χ4v) is 4.75. The lowest BCUT2D eigenvalue weighted by molar-refractivity contribution is -0.116. The summed E-state index contributed by atoms with van der Waals surface area (Å²) in [5.41, 5.74) is 3.44. The van der Waals surface area contributed by atoms with Crippen LogP contribution in [0.2, 0.25) is 0 Å². The van der Waals surface area contributed by atoms with Crippen molar-refractivity contribution < 1.29 is 14.0 Å². The highest BCUT2D eigenvalue weighted by atomic mass is 32.2. The first-order valence-corrected chi connectivity index (χ1v) is 11.0. The van der Waals surface area contributed by atoms with Crippen molar-refractivity contribution in [3.8, 4) is 11.4 Å². The minimum Gasteiger partial charge on any atom is -0.469 e. The number of aromatic nitrogens is 3. The van der Waals surface area contributed by atoms with Crippen molar-refractivity contribution in [3.63, 3.8) is 0 Å². The number of hydrogen-bond donors (Lipinski definition) is 0. The molecule has 1 atom stereocenters. The molecule has 0 unspecified atom stereocenters. The zero-order chi connectivity index (χ0) is 22.1. The molecule has 0 spiro atoms. The van der Waals surface area contributed by atoms with Crippen LogP contribution in [0.4, 0.5) is 5.69 Å². The number of amides is 1. The Balaban J connectivity index is 1.56. The van der Waals surface area contributed by atoms with E-state index in [4.69, 9.17) is 4.42 Å². The molecular weight excluding hydrogens is 412 g/mol. The number of furan rings is 1. The second-order valence-electron chi connectivity index (χ2n) is 7.48. The van der Waals surface area contributed by atoms with Crippen LogP contribution >= 0.6 is 11.8 Å². The van der Waals surface area contributed by atoms with Crippen molar-refractivity contribution in [2.75, 3.05) is 11.4 Å². The predicted molar refractivity (Wildman–Crippen MR) is 120 cm³/mol. The SMILES string of the molecule is C=CCn1c(S[C@H](C)C(=O)c2ccc3c(c2)CCN3C(C)=O)nnc1-c1ccoc1C. The molecule has 1 aliphatic heterocycles. The van der Waals surface area contributed by atoms with Gasteiger partial charge in [-0.25, -0.2) is 0 Å². The minimum atomic E-state index is -0.352. The molecule has 7 nitrogen and oxygen atoms in total. The topological polar surface area (TPSA) is 81.2 Å². The van der Waals surface area contributed by atoms with Gasteiger partial charge in [0.2, 0.25) is 5.91 Å². The lowest BCUT2D eigenvalue weighted by atomic mass is 10.0. The summed E-state index contributed by atoms with van der Waals surface area (Å²) in [4.78, 5) is 26.6. The number of carbonyl (C=O) groups is 2. The third kappa shape index (κ3) is 3.95. The van der Waals surface area contributed by atoms with Crippen LogP contribution in [-0.2, 0) is 17.8 Å². The summed E-state index contributed by atoms with van der Waals surface area (Å²) in [7, 11) is 0. The van der Waals surface area contributed by atoms with E-state index in [1.807, 2.05) is 36.6 Å². The Morgan fingerprint density at radius 2 is 2.13 bits per heavy atom. The van der Waals surface area contributed by atoms with Gasteiger partial charge in [0.25, 0.3) is 0 Å². The third-order valence-corrected chi connectivity index (χ3v) is 6.50. The van der Waals surface area contributed by atoms with E-state index in [9.17, 15) is 9.59 Å². The van der Waals surface area contributed by atoms with Crippen LogP contribution < -0.4 is 4.90 Å². The fraction of sp³-hybridized carbons (Fsp3) is 0.304. The van der Waals surface area contributed by atoms with Crippen LogP contribution in [0.25, 0.3) is 11.4 Å². The van der Waals surface area contributed by atoms with Gasteiger partial charge in [0.1, 0.15) is 5.76 Å². The van der Waals surface area contributed by atoms with Crippen LogP contribution in [0.3, 0.4) is 0 Å². The summed E-state index contributed by atoms with van der Waals surface area (Å²) in [6.45, 7) is 10.3. The molecule has 0 N–H and O–H groups in total. The van der Waals surface area contributed by atoms with Crippen molar-refractivity contribution in [2.45, 2.75) is 44.1 Å². The van der Waals surface area contributed by atoms with Crippen LogP contribution in [0, 0.1) is 6.92 Å². The van der Waals surface area contributed by atoms with E-state index in [-0.39, 0.29) is 16.9 Å². The van der Waals surface area contributed by atoms with Crippen molar-refractivity contribution in [1.29, 1.82) is 0 Å². The monoisotopic (exact) mass is 436 g/mol. The maximum Gasteiger partial charge on any atom is 0.223 e. The molecular formula is C23H24N4O3S. The van der Waals surface area contributed by atoms with Gasteiger partial charge >= 0.3 is 0 Å². The van der Waals surface area contributed by atoms with Gasteiger partial charge in [-0.05, 0) is 50.1 Å². The fourth-order valence-electron chi connectivity index (χ4n) is 3.81. The maximum atomic E-state index is 13.1. The number of anilines is 1. The first-order chi connectivity index (χ1) is 14.9. The molecule has 0 bridgehead atoms. The van der Waals surface area contributed by atoms with Crippen molar-refractivity contribution in [3.05, 3.63) is 60.1 Å². The van der Waals surface area contributed by atoms with E-state index in [0.717, 1.165) is 29.0 Å². The van der Waals surface area contributed by atoms with Crippen LogP contribution in [0.5, 0.6) is 0 Å². The number of hydrogen-bond acceptors (Lipinski definition) is 6. The number of rotatable bonds is 7. The summed E-state index contributed by atoms with van der Waals surface area (Å²) in [5, 5.41) is 8.96. The first kappa shape index (κ1) is 21.1. The number of fused-ring (bicyclic) bond motifs is 1. The Labute approximate surface area is 185 Å². The van der Waals surface area contributed by atoms with Gasteiger partial charge in [0.15, 0.2) is 16.8 Å². The molecule has 0 saturated heterocycles. The number of carbonyl (C=O) groups excluding carboxylic acids is 2. The Kier molecular flexibility index (Phi) is 5.82. The van der Waals surface area contributed by atoms with Gasteiger partial charge in [0.05, 0.1) is 17.1 Å². The summed E-state index contributed by atoms with van der Waals surface area (Å²) in [5.74, 6) is 1.49. The minimum absolute atomic E-state index is 0.0169. The van der Waals surface area contributed by atoms with E-state index in [2.05, 4.69) is 16.8 Å². The Hall–Kier alpha value is -3.13. The Bertz CT molecular complexity index is 1160. The van der Waals surface area contributed by atoms with Crippen molar-refractivity contribution in [1.82, 2.24) is 14.8 Å². The van der Waals surface area contributed by atoms with E-state index in [0.29, 0.717) is 29.6 Å². The zero-order valence-electron chi connectivity index (χ0n) is 17.8. The molecule has 0 saturated carbocycles. The molecule has 1 amide bonds. The molecule has 1 aromatic carbocycles. The molecule has 1 aliphatic rings. The molecule has 0 aliphatic carbocycles. The van der Waals surface area contributed by atoms with Crippen LogP contribution in [0.1, 0.15) is 35.5 Å². The van der Waals surface area contributed by atoms with Gasteiger partial charge in [-0.3, -0.25) is 14.2 Å². The number of nitrogens with zero attached hydrogens (tertiary/aromatic N) is 4. The summed E-state index contributed by atoms with van der Waals surface area (Å²) in [6, 6.07) is 7.44. The highest BCUT2D eigenvalue weighted by Gasteiger charge is 2.26. The van der Waals surface area contributed by atoms with Crippen molar-refractivity contribution >= 4 is 29.1 Å². The molecule has 4 rings (SSSR count). The standard InChI is InChI=1S/C23H24N4O3S/c1-5-10-27-22(19-9-12-30-14(19)2)24-25-23(27)31-15(3)21(29)18-6-7-20-17(13-18)8-11-26(20)16(4)28/h5-7,9,12-13,15H,1,8,10-11H2,2-4H3/t15-/m1/s1. The van der Waals surface area contributed by atoms with Gasteiger partial charge in [-0.2, -0.15) is 0 Å². The summed E-state index contributed by atoms with van der Waals surface area (Å²) in [6.07, 6.45) is 4.16. The maximum absolute atomic E-state index is 13.1. The molecule has 31 heavy (non-hydrogen) atoms. The van der Waals surface area contributed by atoms with Gasteiger partial charge < -0.3 is 9.32 Å². The van der Waals surface area contributed by atoms with E-state index in [1.54, 1.807) is 30.2 Å². The number of ketones is 1. The van der Waals surface area contributed by atoms with Crippen molar-refractivity contribution in [2.24, 2.45) is 0 Å². The number of allylic oxidation sites excluding steroid dienone is 1. The molecule has 0 radical (unpaired) electrons. The second kappa shape index (κ2) is 8.55. The summed E-state index contributed by atoms with van der Waals surface area (Å²) < 4.78 is 7.34. The first-order valence-electron chi connectivity index (χ1n) is 10.1. The van der Waals surface area contributed by atoms with Gasteiger partial charge in [-0.15, -0.1) is 16.8 Å². The highest BCUT2D eigenvalue weighted by Crippen LogP contribution is 2.32.